The van der Waals surface area contributed by atoms with Crippen LogP contribution in [0.2, 0.25) is 0 Å². The van der Waals surface area contributed by atoms with Crippen molar-refractivity contribution >= 4 is 9.53 Å². The molecule has 0 heterocycles. The third-order valence-electron chi connectivity index (χ3n) is 0.946. The first-order chi connectivity index (χ1) is 4.74. The van der Waals surface area contributed by atoms with E-state index in [1.54, 1.807) is 6.92 Å². The molecule has 0 rings (SSSR count). The molecule has 0 saturated heterocycles. The number of hydrogen-bond donors (Lipinski definition) is 0. The molecule has 10 heavy (non-hydrogen) atoms. The molecule has 0 bridgehead atoms. The Bertz CT molecular complexity index is 79.3. The Morgan fingerprint density at radius 1 is 1.40 bits per heavy atom. The van der Waals surface area contributed by atoms with E-state index in [0.29, 0.717) is 0 Å². The molecule has 5 heteroatoms. The summed E-state index contributed by atoms with van der Waals surface area (Å²) in [6.45, 7) is 1.13. The lowest BCUT2D eigenvalue weighted by atomic mass is 10.5. The summed E-state index contributed by atoms with van der Waals surface area (Å²) in [6, 6.07) is 0. The van der Waals surface area contributed by atoms with E-state index in [4.69, 9.17) is 13.3 Å². The van der Waals surface area contributed by atoms with E-state index < -0.39 is 22.3 Å². The van der Waals surface area contributed by atoms with Crippen LogP contribution >= 0.6 is 0 Å². The van der Waals surface area contributed by atoms with Gasteiger partial charge in [-0.05, 0) is 6.92 Å². The van der Waals surface area contributed by atoms with Crippen molar-refractivity contribution in [1.82, 2.24) is 0 Å². The van der Waals surface area contributed by atoms with E-state index in [2.05, 4.69) is 0 Å². The Balaban J connectivity index is 3.41. The molecule has 0 fully saturated rings. The van der Waals surface area contributed by atoms with Crippen LogP contribution in [0.5, 0.6) is 0 Å². The van der Waals surface area contributed by atoms with Crippen molar-refractivity contribution in [2.75, 3.05) is 20.9 Å². The molecule has 0 radical (unpaired) electrons. The van der Waals surface area contributed by atoms with E-state index in [9.17, 15) is 4.39 Å². The molecule has 0 saturated carbocycles. The maximum Gasteiger partial charge on any atom is 0.484 e. The summed E-state index contributed by atoms with van der Waals surface area (Å²) in [6.07, 6.45) is -0.420. The van der Waals surface area contributed by atoms with E-state index in [0.717, 1.165) is 0 Å². The lowest BCUT2D eigenvalue weighted by Gasteiger charge is -2.14. The minimum absolute atomic E-state index is 0.420. The minimum atomic E-state index is -2.01. The summed E-state index contributed by atoms with van der Waals surface area (Å²) >= 11 is 0. The van der Waals surface area contributed by atoms with Crippen molar-refractivity contribution in [1.29, 1.82) is 0 Å². The Hall–Kier alpha value is 0.0269. The summed E-state index contributed by atoms with van der Waals surface area (Å²) in [5, 5.41) is 0. The molecule has 1 unspecified atom stereocenters. The standard InChI is InChI=1S/C5H13FO3Si/c1-5(4-6)9-10(7-2)8-3/h5,10H,4H2,1-3H3. The van der Waals surface area contributed by atoms with E-state index in [1.807, 2.05) is 0 Å². The summed E-state index contributed by atoms with van der Waals surface area (Å²) in [7, 11) is 0.975. The lowest BCUT2D eigenvalue weighted by molar-refractivity contribution is 0.0809. The van der Waals surface area contributed by atoms with E-state index in [1.165, 1.54) is 14.2 Å². The predicted octanol–water partition coefficient (Wildman–Crippen LogP) is 0.371. The van der Waals surface area contributed by atoms with Crippen molar-refractivity contribution in [2.24, 2.45) is 0 Å². The molecule has 0 aromatic rings. The van der Waals surface area contributed by atoms with E-state index >= 15 is 0 Å². The number of halogens is 1. The van der Waals surface area contributed by atoms with Crippen LogP contribution in [0.25, 0.3) is 0 Å². The molecule has 3 nitrogen and oxygen atoms in total. The zero-order valence-corrected chi connectivity index (χ0v) is 7.62. The van der Waals surface area contributed by atoms with Crippen LogP contribution in [-0.2, 0) is 13.3 Å². The van der Waals surface area contributed by atoms with Gasteiger partial charge in [0.15, 0.2) is 0 Å². The highest BCUT2D eigenvalue weighted by Crippen LogP contribution is 1.96. The molecule has 1 atom stereocenters. The van der Waals surface area contributed by atoms with Gasteiger partial charge in [-0.25, -0.2) is 4.39 Å². The molecule has 62 valence electrons. The highest BCUT2D eigenvalue weighted by molar-refractivity contribution is 6.36. The second kappa shape index (κ2) is 5.78. The van der Waals surface area contributed by atoms with Gasteiger partial charge in [0.1, 0.15) is 6.67 Å². The van der Waals surface area contributed by atoms with Crippen LogP contribution in [0, 0.1) is 0 Å². The van der Waals surface area contributed by atoms with Gasteiger partial charge in [-0.3, -0.25) is 0 Å². The van der Waals surface area contributed by atoms with Crippen LogP contribution < -0.4 is 0 Å². The highest BCUT2D eigenvalue weighted by atomic mass is 28.3. The van der Waals surface area contributed by atoms with Gasteiger partial charge < -0.3 is 13.3 Å². The van der Waals surface area contributed by atoms with Crippen LogP contribution in [0.15, 0.2) is 0 Å². The summed E-state index contributed by atoms with van der Waals surface area (Å²) in [5.74, 6) is 0. The monoisotopic (exact) mass is 168 g/mol. The molecular formula is C5H13FO3Si. The van der Waals surface area contributed by atoms with Crippen molar-refractivity contribution in [3.8, 4) is 0 Å². The largest absolute Gasteiger partial charge is 0.484 e. The maximum atomic E-state index is 11.8. The van der Waals surface area contributed by atoms with Gasteiger partial charge in [-0.15, -0.1) is 0 Å². The van der Waals surface area contributed by atoms with E-state index in [-0.39, 0.29) is 0 Å². The first-order valence-corrected chi connectivity index (χ1v) is 4.43. The van der Waals surface area contributed by atoms with Gasteiger partial charge in [0.25, 0.3) is 0 Å². The normalized spacial score (nSPS) is 14.1. The number of alkyl halides is 1. The molecule has 0 aliphatic rings. The molecule has 0 N–H and O–H groups in total. The van der Waals surface area contributed by atoms with Crippen molar-refractivity contribution in [3.05, 3.63) is 0 Å². The Morgan fingerprint density at radius 3 is 2.20 bits per heavy atom. The van der Waals surface area contributed by atoms with Crippen molar-refractivity contribution in [3.63, 3.8) is 0 Å². The first-order valence-electron chi connectivity index (χ1n) is 3.01. The van der Waals surface area contributed by atoms with Gasteiger partial charge >= 0.3 is 9.53 Å². The zero-order chi connectivity index (χ0) is 7.98. The van der Waals surface area contributed by atoms with Gasteiger partial charge in [-0.1, -0.05) is 0 Å². The molecule has 0 aliphatic carbocycles. The van der Waals surface area contributed by atoms with Gasteiger partial charge in [0.05, 0.1) is 6.10 Å². The average molecular weight is 168 g/mol. The fraction of sp³-hybridized carbons (Fsp3) is 1.00. The third-order valence-corrected chi connectivity index (χ3v) is 2.40. The quantitative estimate of drug-likeness (QED) is 0.555. The smallest absolute Gasteiger partial charge is 0.379 e. The summed E-state index contributed by atoms with van der Waals surface area (Å²) < 4.78 is 26.4. The van der Waals surface area contributed by atoms with Crippen LogP contribution in [0.3, 0.4) is 0 Å². The fourth-order valence-corrected chi connectivity index (χ4v) is 1.30. The second-order valence-electron chi connectivity index (χ2n) is 1.86. The molecule has 0 aliphatic heterocycles. The molecular weight excluding hydrogens is 155 g/mol. The predicted molar refractivity (Wildman–Crippen MR) is 37.7 cm³/mol. The minimum Gasteiger partial charge on any atom is -0.379 e. The van der Waals surface area contributed by atoms with Gasteiger partial charge in [0.2, 0.25) is 0 Å². The molecule has 0 amide bonds. The number of hydrogen-bond acceptors (Lipinski definition) is 3. The zero-order valence-electron chi connectivity index (χ0n) is 6.46. The van der Waals surface area contributed by atoms with Crippen LogP contribution in [0.1, 0.15) is 6.92 Å². The van der Waals surface area contributed by atoms with Crippen molar-refractivity contribution < 1.29 is 17.7 Å². The third kappa shape index (κ3) is 3.94. The first kappa shape index (κ1) is 10.0. The Morgan fingerprint density at radius 2 is 1.90 bits per heavy atom. The molecule has 0 aromatic carbocycles. The van der Waals surface area contributed by atoms with Gasteiger partial charge in [0, 0.05) is 14.2 Å². The van der Waals surface area contributed by atoms with Crippen LogP contribution in [0.4, 0.5) is 4.39 Å². The Kier molecular flexibility index (Phi) is 5.80. The molecule has 0 aromatic heterocycles. The summed E-state index contributed by atoms with van der Waals surface area (Å²) in [5.41, 5.74) is 0. The maximum absolute atomic E-state index is 11.8. The molecule has 0 spiro atoms. The Labute approximate surface area is 62.1 Å². The highest BCUT2D eigenvalue weighted by Gasteiger charge is 2.14. The van der Waals surface area contributed by atoms with Crippen molar-refractivity contribution in [2.45, 2.75) is 13.0 Å². The topological polar surface area (TPSA) is 27.7 Å². The fourth-order valence-electron chi connectivity index (χ4n) is 0.433. The SMILES string of the molecule is CO[SiH](OC)OC(C)CF. The van der Waals surface area contributed by atoms with Gasteiger partial charge in [-0.2, -0.15) is 0 Å². The second-order valence-corrected chi connectivity index (χ2v) is 3.65. The van der Waals surface area contributed by atoms with Crippen LogP contribution in [-0.4, -0.2) is 36.5 Å². The number of rotatable bonds is 5. The average Bonchev–Trinajstić information content (AvgIpc) is 1.99. The lowest BCUT2D eigenvalue weighted by Crippen LogP contribution is -2.29. The summed E-state index contributed by atoms with van der Waals surface area (Å²) in [4.78, 5) is 0.